The fourth-order valence-electron chi connectivity index (χ4n) is 4.00. The molecule has 8 nitrogen and oxygen atoms in total. The van der Waals surface area contributed by atoms with Gasteiger partial charge in [-0.25, -0.2) is 0 Å². The Labute approximate surface area is 182 Å². The topological polar surface area (TPSA) is 105 Å². The van der Waals surface area contributed by atoms with Crippen LogP contribution >= 0.6 is 0 Å². The van der Waals surface area contributed by atoms with E-state index in [-0.39, 0.29) is 24.4 Å². The van der Waals surface area contributed by atoms with Crippen molar-refractivity contribution in [3.8, 4) is 0 Å². The third-order valence-electron chi connectivity index (χ3n) is 5.79. The van der Waals surface area contributed by atoms with Crippen molar-refractivity contribution < 1.29 is 23.9 Å². The van der Waals surface area contributed by atoms with E-state index in [1.807, 2.05) is 0 Å². The maximum Gasteiger partial charge on any atom is 0.326 e. The molecule has 0 radical (unpaired) electrons. The molecule has 1 aromatic rings. The molecule has 1 aromatic carbocycles. The highest BCUT2D eigenvalue weighted by Crippen LogP contribution is 2.21. The summed E-state index contributed by atoms with van der Waals surface area (Å²) in [7, 11) is 0. The summed E-state index contributed by atoms with van der Waals surface area (Å²) in [5.41, 5.74) is 1.13. The van der Waals surface area contributed by atoms with Gasteiger partial charge in [0.25, 0.3) is 11.8 Å². The Hall–Kier alpha value is -2.90. The molecule has 1 aliphatic carbocycles. The van der Waals surface area contributed by atoms with Gasteiger partial charge in [0, 0.05) is 30.3 Å². The lowest BCUT2D eigenvalue weighted by atomic mass is 10.1. The third kappa shape index (κ3) is 6.54. The first-order valence-electron chi connectivity index (χ1n) is 11.1. The molecule has 1 saturated carbocycles. The average molecular weight is 430 g/mol. The van der Waals surface area contributed by atoms with Gasteiger partial charge in [-0.3, -0.25) is 19.2 Å². The number of nitrogens with zero attached hydrogens (tertiary/aromatic N) is 1. The summed E-state index contributed by atoms with van der Waals surface area (Å²) in [5.74, 6) is -1.32. The van der Waals surface area contributed by atoms with Crippen LogP contribution < -0.4 is 15.5 Å². The van der Waals surface area contributed by atoms with Crippen LogP contribution in [-0.2, 0) is 19.1 Å². The molecule has 0 aromatic heterocycles. The van der Waals surface area contributed by atoms with E-state index in [2.05, 4.69) is 10.6 Å². The lowest BCUT2D eigenvalue weighted by Gasteiger charge is -2.19. The fourth-order valence-corrected chi connectivity index (χ4v) is 4.00. The summed E-state index contributed by atoms with van der Waals surface area (Å²) in [6.07, 6.45) is 6.94. The van der Waals surface area contributed by atoms with Crippen LogP contribution in [0.5, 0.6) is 0 Å². The summed E-state index contributed by atoms with van der Waals surface area (Å²) in [5, 5.41) is 5.46. The van der Waals surface area contributed by atoms with E-state index in [9.17, 15) is 19.2 Å². The van der Waals surface area contributed by atoms with Crippen molar-refractivity contribution in [3.05, 3.63) is 29.8 Å². The highest BCUT2D eigenvalue weighted by molar-refractivity contribution is 5.98. The molecule has 2 fully saturated rings. The van der Waals surface area contributed by atoms with Gasteiger partial charge in [-0.2, -0.15) is 0 Å². The second kappa shape index (κ2) is 10.9. The number of hydrogen-bond acceptors (Lipinski definition) is 5. The molecule has 168 valence electrons. The number of esters is 1. The highest BCUT2D eigenvalue weighted by atomic mass is 16.5. The van der Waals surface area contributed by atoms with Gasteiger partial charge in [-0.05, 0) is 50.5 Å². The average Bonchev–Trinajstić information content (AvgIpc) is 3.03. The Kier molecular flexibility index (Phi) is 8.03. The van der Waals surface area contributed by atoms with Crippen LogP contribution in [0.25, 0.3) is 0 Å². The van der Waals surface area contributed by atoms with Crippen molar-refractivity contribution in [3.63, 3.8) is 0 Å². The van der Waals surface area contributed by atoms with Gasteiger partial charge in [0.05, 0.1) is 0 Å². The van der Waals surface area contributed by atoms with Gasteiger partial charge in [-0.1, -0.05) is 25.7 Å². The molecule has 3 amide bonds. The second-order valence-corrected chi connectivity index (χ2v) is 8.21. The number of carbonyl (C=O) groups excluding carboxylic acids is 4. The number of nitrogens with one attached hydrogen (secondary N) is 2. The van der Waals surface area contributed by atoms with Gasteiger partial charge >= 0.3 is 5.97 Å². The molecule has 0 bridgehead atoms. The van der Waals surface area contributed by atoms with E-state index in [0.29, 0.717) is 18.5 Å². The van der Waals surface area contributed by atoms with Crippen molar-refractivity contribution in [2.24, 2.45) is 0 Å². The van der Waals surface area contributed by atoms with Crippen molar-refractivity contribution in [1.29, 1.82) is 0 Å². The summed E-state index contributed by atoms with van der Waals surface area (Å²) >= 11 is 0. The van der Waals surface area contributed by atoms with E-state index < -0.39 is 18.0 Å². The number of carbonyl (C=O) groups is 4. The van der Waals surface area contributed by atoms with Crippen molar-refractivity contribution in [2.45, 2.75) is 70.4 Å². The normalized spacial score (nSPS) is 18.2. The number of hydrogen-bond donors (Lipinski definition) is 2. The van der Waals surface area contributed by atoms with Gasteiger partial charge in [0.15, 0.2) is 6.10 Å². The first-order chi connectivity index (χ1) is 14.9. The Bertz CT molecular complexity index is 800. The molecule has 31 heavy (non-hydrogen) atoms. The van der Waals surface area contributed by atoms with Crippen LogP contribution in [0.3, 0.4) is 0 Å². The fraction of sp³-hybridized carbons (Fsp3) is 0.565. The molecular weight excluding hydrogens is 398 g/mol. The summed E-state index contributed by atoms with van der Waals surface area (Å²) in [6, 6.07) is 6.80. The van der Waals surface area contributed by atoms with Crippen molar-refractivity contribution in [2.75, 3.05) is 18.0 Å². The molecule has 1 aliphatic heterocycles. The number of anilines is 1. The predicted molar refractivity (Wildman–Crippen MR) is 116 cm³/mol. The zero-order valence-corrected chi connectivity index (χ0v) is 18.0. The first kappa shape index (κ1) is 22.8. The second-order valence-electron chi connectivity index (χ2n) is 8.21. The lowest BCUT2D eigenvalue weighted by Crippen LogP contribution is -2.43. The Morgan fingerprint density at radius 1 is 1.06 bits per heavy atom. The van der Waals surface area contributed by atoms with Crippen LogP contribution in [0.4, 0.5) is 5.69 Å². The molecule has 1 atom stereocenters. The highest BCUT2D eigenvalue weighted by Gasteiger charge is 2.23. The predicted octanol–water partition coefficient (Wildman–Crippen LogP) is 2.31. The quantitative estimate of drug-likeness (QED) is 0.511. The van der Waals surface area contributed by atoms with Gasteiger partial charge in [-0.15, -0.1) is 0 Å². The van der Waals surface area contributed by atoms with Crippen molar-refractivity contribution >= 4 is 29.4 Å². The molecule has 1 saturated heterocycles. The molecule has 1 heterocycles. The zero-order chi connectivity index (χ0) is 22.2. The molecule has 8 heteroatoms. The monoisotopic (exact) mass is 429 g/mol. The van der Waals surface area contributed by atoms with Crippen LogP contribution in [0.1, 0.15) is 68.6 Å². The van der Waals surface area contributed by atoms with Crippen LogP contribution in [0, 0.1) is 0 Å². The van der Waals surface area contributed by atoms with Crippen LogP contribution in [0.15, 0.2) is 24.3 Å². The number of amides is 3. The maximum atomic E-state index is 12.3. The number of ether oxygens (including phenoxy) is 1. The lowest BCUT2D eigenvalue weighted by molar-refractivity contribution is -0.154. The third-order valence-corrected chi connectivity index (χ3v) is 5.79. The number of benzene rings is 1. The van der Waals surface area contributed by atoms with Gasteiger partial charge in [0.2, 0.25) is 5.91 Å². The largest absolute Gasteiger partial charge is 0.451 e. The van der Waals surface area contributed by atoms with Crippen LogP contribution in [-0.4, -0.2) is 48.9 Å². The Morgan fingerprint density at radius 3 is 2.35 bits per heavy atom. The van der Waals surface area contributed by atoms with Crippen LogP contribution in [0.2, 0.25) is 0 Å². The molecular formula is C23H31N3O5. The maximum absolute atomic E-state index is 12.3. The molecule has 2 aliphatic rings. The van der Waals surface area contributed by atoms with E-state index in [4.69, 9.17) is 4.74 Å². The summed E-state index contributed by atoms with van der Waals surface area (Å²) in [6.45, 7) is 1.89. The van der Waals surface area contributed by atoms with E-state index in [0.717, 1.165) is 37.8 Å². The molecule has 0 unspecified atom stereocenters. The minimum atomic E-state index is -0.912. The SMILES string of the molecule is C[C@@H](OC(=O)CNC(=O)c1ccc(N2CCCC2=O)cc1)C(=O)NC1CCCCCC1. The molecule has 2 N–H and O–H groups in total. The molecule has 0 spiro atoms. The Morgan fingerprint density at radius 2 is 1.74 bits per heavy atom. The minimum absolute atomic E-state index is 0.0807. The standard InChI is InChI=1S/C23H31N3O5/c1-16(22(29)25-18-7-4-2-3-5-8-18)31-21(28)15-24-23(30)17-10-12-19(13-11-17)26-14-6-9-20(26)27/h10-13,16,18H,2-9,14-15H2,1H3,(H,24,30)(H,25,29)/t16-/m1/s1. The zero-order valence-electron chi connectivity index (χ0n) is 18.0. The van der Waals surface area contributed by atoms with E-state index in [1.165, 1.54) is 19.8 Å². The van der Waals surface area contributed by atoms with E-state index >= 15 is 0 Å². The Balaban J connectivity index is 1.41. The summed E-state index contributed by atoms with van der Waals surface area (Å²) in [4.78, 5) is 50.1. The number of rotatable bonds is 7. The van der Waals surface area contributed by atoms with E-state index in [1.54, 1.807) is 29.2 Å². The summed E-state index contributed by atoms with van der Waals surface area (Å²) < 4.78 is 5.16. The van der Waals surface area contributed by atoms with Gasteiger partial charge in [0.1, 0.15) is 6.54 Å². The van der Waals surface area contributed by atoms with Gasteiger partial charge < -0.3 is 20.3 Å². The van der Waals surface area contributed by atoms with Crippen molar-refractivity contribution in [1.82, 2.24) is 10.6 Å². The minimum Gasteiger partial charge on any atom is -0.451 e. The first-order valence-corrected chi connectivity index (χ1v) is 11.1. The smallest absolute Gasteiger partial charge is 0.326 e. The molecule has 3 rings (SSSR count).